The van der Waals surface area contributed by atoms with Gasteiger partial charge in [-0.25, -0.2) is 12.7 Å². The van der Waals surface area contributed by atoms with Gasteiger partial charge in [0.15, 0.2) is 0 Å². The number of sulfonamides is 1. The van der Waals surface area contributed by atoms with Gasteiger partial charge in [0.1, 0.15) is 4.90 Å². The zero-order valence-corrected chi connectivity index (χ0v) is 15.4. The van der Waals surface area contributed by atoms with Crippen LogP contribution in [0.25, 0.3) is 0 Å². The lowest BCUT2D eigenvalue weighted by molar-refractivity contribution is 0.0780. The number of carbonyl (C=O) groups excluding carboxylic acids is 2. The van der Waals surface area contributed by atoms with Crippen molar-refractivity contribution in [1.29, 1.82) is 0 Å². The van der Waals surface area contributed by atoms with E-state index in [4.69, 9.17) is 0 Å². The van der Waals surface area contributed by atoms with Gasteiger partial charge in [0.05, 0.1) is 5.56 Å². The lowest BCUT2D eigenvalue weighted by Crippen LogP contribution is -2.32. The lowest BCUT2D eigenvalue weighted by atomic mass is 10.0. The average molecular weight is 386 g/mol. The molecule has 2 atom stereocenters. The molecule has 2 fully saturated rings. The van der Waals surface area contributed by atoms with Gasteiger partial charge in [-0.2, -0.15) is 0 Å². The van der Waals surface area contributed by atoms with E-state index in [2.05, 4.69) is 5.32 Å². The molecule has 0 spiro atoms. The number of halogens is 1. The van der Waals surface area contributed by atoms with Crippen LogP contribution in [-0.4, -0.2) is 62.2 Å². The molecule has 4 rings (SSSR count). The van der Waals surface area contributed by atoms with Crippen molar-refractivity contribution in [2.45, 2.75) is 11.8 Å². The molecular weight excluding hydrogens is 366 g/mol. The standard InChI is InChI=1S/C16H19N3O4S.ClH/c1-2-19-16(21)13-4-3-10(5-14(13)24(19,22)23)15(20)18-8-11-6-17-7-12(11)9-18;/h3-5,11-12,17H,2,6-9H2,1H3;1H/t11-,12+;. The van der Waals surface area contributed by atoms with E-state index in [1.54, 1.807) is 17.9 Å². The molecule has 136 valence electrons. The Bertz CT molecular complexity index is 830. The van der Waals surface area contributed by atoms with Crippen LogP contribution in [0.15, 0.2) is 23.1 Å². The zero-order chi connectivity index (χ0) is 17.1. The van der Waals surface area contributed by atoms with E-state index in [0.717, 1.165) is 17.4 Å². The van der Waals surface area contributed by atoms with Crippen LogP contribution < -0.4 is 5.32 Å². The summed E-state index contributed by atoms with van der Waals surface area (Å²) in [5.74, 6) is 0.270. The van der Waals surface area contributed by atoms with Gasteiger partial charge in [-0.05, 0) is 37.0 Å². The summed E-state index contributed by atoms with van der Waals surface area (Å²) in [5, 5.41) is 3.32. The topological polar surface area (TPSA) is 86.8 Å². The molecule has 1 N–H and O–H groups in total. The quantitative estimate of drug-likeness (QED) is 0.804. The van der Waals surface area contributed by atoms with Crippen molar-refractivity contribution in [3.05, 3.63) is 29.3 Å². The van der Waals surface area contributed by atoms with Gasteiger partial charge in [0.25, 0.3) is 21.8 Å². The Morgan fingerprint density at radius 3 is 2.48 bits per heavy atom. The van der Waals surface area contributed by atoms with Crippen molar-refractivity contribution in [3.63, 3.8) is 0 Å². The van der Waals surface area contributed by atoms with Crippen LogP contribution in [0, 0.1) is 11.8 Å². The molecule has 0 bridgehead atoms. The highest BCUT2D eigenvalue weighted by Crippen LogP contribution is 2.32. The largest absolute Gasteiger partial charge is 0.338 e. The molecule has 0 aliphatic carbocycles. The monoisotopic (exact) mass is 385 g/mol. The molecule has 1 aromatic rings. The minimum atomic E-state index is -3.84. The molecule has 7 nitrogen and oxygen atoms in total. The number of nitrogens with one attached hydrogen (secondary N) is 1. The first kappa shape index (κ1) is 18.2. The fourth-order valence-electron chi connectivity index (χ4n) is 3.93. The predicted molar refractivity (Wildman–Crippen MR) is 93.3 cm³/mol. The molecule has 1 aromatic carbocycles. The average Bonchev–Trinajstić information content (AvgIpc) is 3.19. The number of likely N-dealkylation sites (tertiary alicyclic amines) is 1. The molecule has 2 amide bonds. The second-order valence-corrected chi connectivity index (χ2v) is 8.41. The highest BCUT2D eigenvalue weighted by molar-refractivity contribution is 7.90. The SMILES string of the molecule is CCN1C(=O)c2ccc(C(=O)N3C[C@H]4CNC[C@H]4C3)cc2S1(=O)=O.Cl. The summed E-state index contributed by atoms with van der Waals surface area (Å²) in [4.78, 5) is 26.6. The van der Waals surface area contributed by atoms with E-state index >= 15 is 0 Å². The minimum absolute atomic E-state index is 0. The summed E-state index contributed by atoms with van der Waals surface area (Å²) in [6.45, 7) is 4.94. The number of carbonyl (C=O) groups is 2. The van der Waals surface area contributed by atoms with Gasteiger partial charge in [-0.15, -0.1) is 12.4 Å². The highest BCUT2D eigenvalue weighted by atomic mass is 35.5. The van der Waals surface area contributed by atoms with Gasteiger partial charge >= 0.3 is 0 Å². The molecule has 3 heterocycles. The van der Waals surface area contributed by atoms with E-state index in [0.29, 0.717) is 30.5 Å². The summed E-state index contributed by atoms with van der Waals surface area (Å²) in [7, 11) is -3.84. The van der Waals surface area contributed by atoms with E-state index < -0.39 is 15.9 Å². The van der Waals surface area contributed by atoms with Gasteiger partial charge in [0, 0.05) is 38.3 Å². The number of benzene rings is 1. The van der Waals surface area contributed by atoms with Gasteiger partial charge in [-0.3, -0.25) is 9.59 Å². The van der Waals surface area contributed by atoms with Crippen molar-refractivity contribution in [3.8, 4) is 0 Å². The summed E-state index contributed by atoms with van der Waals surface area (Å²) in [6, 6.07) is 4.36. The van der Waals surface area contributed by atoms with Crippen LogP contribution in [0.3, 0.4) is 0 Å². The molecule has 0 saturated carbocycles. The maximum absolute atomic E-state index is 12.7. The van der Waals surface area contributed by atoms with Crippen molar-refractivity contribution in [2.24, 2.45) is 11.8 Å². The van der Waals surface area contributed by atoms with Crippen LogP contribution in [0.4, 0.5) is 0 Å². The van der Waals surface area contributed by atoms with Crippen molar-refractivity contribution < 1.29 is 18.0 Å². The molecule has 0 aromatic heterocycles. The molecule has 3 aliphatic rings. The number of nitrogens with zero attached hydrogens (tertiary/aromatic N) is 2. The van der Waals surface area contributed by atoms with Crippen molar-refractivity contribution >= 4 is 34.2 Å². The summed E-state index contributed by atoms with van der Waals surface area (Å²) < 4.78 is 25.8. The number of fused-ring (bicyclic) bond motifs is 2. The van der Waals surface area contributed by atoms with Gasteiger partial charge < -0.3 is 10.2 Å². The predicted octanol–water partition coefficient (Wildman–Crippen LogP) is 0.564. The highest BCUT2D eigenvalue weighted by Gasteiger charge is 2.42. The third-order valence-corrected chi connectivity index (χ3v) is 7.12. The second-order valence-electron chi connectivity index (χ2n) is 6.57. The lowest BCUT2D eigenvalue weighted by Gasteiger charge is -2.17. The first-order valence-electron chi connectivity index (χ1n) is 8.14. The third kappa shape index (κ3) is 2.63. The maximum Gasteiger partial charge on any atom is 0.268 e. The Balaban J connectivity index is 0.00000182. The second kappa shape index (κ2) is 6.26. The minimum Gasteiger partial charge on any atom is -0.338 e. The van der Waals surface area contributed by atoms with Crippen LogP contribution in [-0.2, 0) is 10.0 Å². The van der Waals surface area contributed by atoms with E-state index in [1.165, 1.54) is 12.1 Å². The number of rotatable bonds is 2. The number of hydrogen-bond acceptors (Lipinski definition) is 5. The van der Waals surface area contributed by atoms with Crippen LogP contribution in [0.1, 0.15) is 27.6 Å². The normalized spacial score (nSPS) is 26.4. The maximum atomic E-state index is 12.7. The first-order valence-corrected chi connectivity index (χ1v) is 9.58. The Hall–Kier alpha value is -1.64. The summed E-state index contributed by atoms with van der Waals surface area (Å²) >= 11 is 0. The Morgan fingerprint density at radius 2 is 1.88 bits per heavy atom. The van der Waals surface area contributed by atoms with E-state index in [9.17, 15) is 18.0 Å². The van der Waals surface area contributed by atoms with Gasteiger partial charge in [0.2, 0.25) is 0 Å². The Kier molecular flexibility index (Phi) is 4.55. The molecule has 25 heavy (non-hydrogen) atoms. The molecule has 9 heteroatoms. The number of hydrogen-bond donors (Lipinski definition) is 1. The van der Waals surface area contributed by atoms with Crippen LogP contribution >= 0.6 is 12.4 Å². The molecule has 2 saturated heterocycles. The van der Waals surface area contributed by atoms with Gasteiger partial charge in [-0.1, -0.05) is 0 Å². The van der Waals surface area contributed by atoms with Crippen molar-refractivity contribution in [2.75, 3.05) is 32.7 Å². The molecule has 0 unspecified atom stereocenters. The summed E-state index contributed by atoms with van der Waals surface area (Å²) in [5.41, 5.74) is 0.479. The van der Waals surface area contributed by atoms with Crippen LogP contribution in [0.2, 0.25) is 0 Å². The van der Waals surface area contributed by atoms with Crippen molar-refractivity contribution in [1.82, 2.24) is 14.5 Å². The summed E-state index contributed by atoms with van der Waals surface area (Å²) in [6.07, 6.45) is 0. The molecular formula is C16H20ClN3O4S. The Morgan fingerprint density at radius 1 is 1.24 bits per heavy atom. The molecule has 0 radical (unpaired) electrons. The Labute approximate surface area is 152 Å². The van der Waals surface area contributed by atoms with E-state index in [1.807, 2.05) is 0 Å². The third-order valence-electron chi connectivity index (χ3n) is 5.22. The fraction of sp³-hybridized carbons (Fsp3) is 0.500. The number of amides is 2. The smallest absolute Gasteiger partial charge is 0.268 e. The fourth-order valence-corrected chi connectivity index (χ4v) is 5.53. The van der Waals surface area contributed by atoms with Crippen LogP contribution in [0.5, 0.6) is 0 Å². The van der Waals surface area contributed by atoms with E-state index in [-0.39, 0.29) is 35.3 Å². The molecule has 3 aliphatic heterocycles. The zero-order valence-electron chi connectivity index (χ0n) is 13.8. The first-order chi connectivity index (χ1) is 11.4.